The Bertz CT molecular complexity index is 572. The molecule has 0 bridgehead atoms. The third kappa shape index (κ3) is 6.43. The fourth-order valence-electron chi connectivity index (χ4n) is 2.19. The summed E-state index contributed by atoms with van der Waals surface area (Å²) in [7, 11) is 1.78. The number of ether oxygens (including phenoxy) is 1. The van der Waals surface area contributed by atoms with Gasteiger partial charge in [-0.05, 0) is 30.5 Å². The van der Waals surface area contributed by atoms with Gasteiger partial charge in [0.1, 0.15) is 12.4 Å². The maximum Gasteiger partial charge on any atom is 0.317 e. The quantitative estimate of drug-likeness (QED) is 0.760. The van der Waals surface area contributed by atoms with Crippen LogP contribution < -0.4 is 10.1 Å². The van der Waals surface area contributed by atoms with E-state index in [1.165, 1.54) is 5.56 Å². The number of para-hydroxylation sites is 1. The molecule has 4 nitrogen and oxygen atoms in total. The predicted octanol–water partition coefficient (Wildman–Crippen LogP) is 3.34. The number of aryl methyl sites for hydroxylation is 1. The van der Waals surface area contributed by atoms with E-state index in [4.69, 9.17) is 4.74 Å². The minimum Gasteiger partial charge on any atom is -0.492 e. The van der Waals surface area contributed by atoms with Gasteiger partial charge in [0, 0.05) is 13.6 Å². The highest BCUT2D eigenvalue weighted by Gasteiger charge is 2.07. The van der Waals surface area contributed by atoms with Gasteiger partial charge in [-0.25, -0.2) is 4.79 Å². The van der Waals surface area contributed by atoms with Gasteiger partial charge < -0.3 is 15.0 Å². The molecule has 0 aliphatic carbocycles. The Balaban J connectivity index is 1.57. The lowest BCUT2D eigenvalue weighted by Gasteiger charge is -2.18. The van der Waals surface area contributed by atoms with Crippen LogP contribution in [0.25, 0.3) is 0 Å². The van der Waals surface area contributed by atoms with E-state index in [2.05, 4.69) is 17.4 Å². The maximum atomic E-state index is 12.0. The van der Waals surface area contributed by atoms with Gasteiger partial charge in [0.25, 0.3) is 0 Å². The molecule has 0 heterocycles. The van der Waals surface area contributed by atoms with E-state index < -0.39 is 0 Å². The first kappa shape index (κ1) is 16.9. The van der Waals surface area contributed by atoms with E-state index in [1.807, 2.05) is 48.5 Å². The number of carbonyl (C=O) groups excluding carboxylic acids is 1. The lowest BCUT2D eigenvalue weighted by Crippen LogP contribution is -2.39. The SMILES string of the molecule is CN(CCOc1ccccc1)C(=O)NCCCc1ccccc1. The van der Waals surface area contributed by atoms with Crippen molar-refractivity contribution in [3.8, 4) is 5.75 Å². The molecule has 0 saturated carbocycles. The summed E-state index contributed by atoms with van der Waals surface area (Å²) in [6.07, 6.45) is 1.91. The van der Waals surface area contributed by atoms with Gasteiger partial charge in [0.15, 0.2) is 0 Å². The van der Waals surface area contributed by atoms with Crippen molar-refractivity contribution in [1.82, 2.24) is 10.2 Å². The van der Waals surface area contributed by atoms with Crippen molar-refractivity contribution >= 4 is 6.03 Å². The number of amides is 2. The van der Waals surface area contributed by atoms with Gasteiger partial charge in [-0.1, -0.05) is 48.5 Å². The highest BCUT2D eigenvalue weighted by molar-refractivity contribution is 5.73. The fourth-order valence-corrected chi connectivity index (χ4v) is 2.19. The van der Waals surface area contributed by atoms with Gasteiger partial charge in [-0.2, -0.15) is 0 Å². The molecule has 0 aliphatic rings. The smallest absolute Gasteiger partial charge is 0.317 e. The van der Waals surface area contributed by atoms with Crippen LogP contribution in [0.2, 0.25) is 0 Å². The molecule has 0 spiro atoms. The Morgan fingerprint density at radius 3 is 2.39 bits per heavy atom. The third-order valence-corrected chi connectivity index (χ3v) is 3.55. The van der Waals surface area contributed by atoms with Crippen LogP contribution in [0.15, 0.2) is 60.7 Å². The Morgan fingerprint density at radius 2 is 1.70 bits per heavy atom. The van der Waals surface area contributed by atoms with Gasteiger partial charge in [0.2, 0.25) is 0 Å². The molecule has 0 aromatic heterocycles. The second-order valence-electron chi connectivity index (χ2n) is 5.40. The van der Waals surface area contributed by atoms with E-state index >= 15 is 0 Å². The minimum absolute atomic E-state index is 0.0604. The Labute approximate surface area is 138 Å². The number of nitrogens with zero attached hydrogens (tertiary/aromatic N) is 1. The largest absolute Gasteiger partial charge is 0.492 e. The fraction of sp³-hybridized carbons (Fsp3) is 0.316. The molecule has 2 rings (SSSR count). The molecule has 0 atom stereocenters. The van der Waals surface area contributed by atoms with Crippen LogP contribution in [0.1, 0.15) is 12.0 Å². The molecule has 0 radical (unpaired) electrons. The van der Waals surface area contributed by atoms with Crippen molar-refractivity contribution in [3.63, 3.8) is 0 Å². The van der Waals surface area contributed by atoms with E-state index in [9.17, 15) is 4.79 Å². The molecule has 2 amide bonds. The van der Waals surface area contributed by atoms with Gasteiger partial charge >= 0.3 is 6.03 Å². The van der Waals surface area contributed by atoms with Crippen LogP contribution in [-0.2, 0) is 6.42 Å². The topological polar surface area (TPSA) is 41.6 Å². The van der Waals surface area contributed by atoms with Crippen molar-refractivity contribution < 1.29 is 9.53 Å². The van der Waals surface area contributed by atoms with Crippen molar-refractivity contribution in [3.05, 3.63) is 66.2 Å². The molecule has 2 aromatic carbocycles. The summed E-state index contributed by atoms with van der Waals surface area (Å²) in [5.74, 6) is 0.823. The molecule has 23 heavy (non-hydrogen) atoms. The summed E-state index contributed by atoms with van der Waals surface area (Å²) in [5.41, 5.74) is 1.30. The standard InChI is InChI=1S/C19H24N2O2/c1-21(15-16-23-18-12-6-3-7-13-18)19(22)20-14-8-11-17-9-4-2-5-10-17/h2-7,9-10,12-13H,8,11,14-16H2,1H3,(H,20,22). The summed E-state index contributed by atoms with van der Waals surface area (Å²) in [5, 5.41) is 2.93. The molecule has 0 unspecified atom stereocenters. The lowest BCUT2D eigenvalue weighted by atomic mass is 10.1. The number of rotatable bonds is 8. The number of hydrogen-bond donors (Lipinski definition) is 1. The maximum absolute atomic E-state index is 12.0. The predicted molar refractivity (Wildman–Crippen MR) is 92.7 cm³/mol. The first-order valence-electron chi connectivity index (χ1n) is 7.96. The third-order valence-electron chi connectivity index (χ3n) is 3.55. The number of carbonyl (C=O) groups is 1. The Kier molecular flexibility index (Phi) is 6.98. The Hall–Kier alpha value is -2.49. The average molecular weight is 312 g/mol. The zero-order valence-corrected chi connectivity index (χ0v) is 13.6. The van der Waals surface area contributed by atoms with Crippen LogP contribution in [0, 0.1) is 0 Å². The van der Waals surface area contributed by atoms with E-state index in [-0.39, 0.29) is 6.03 Å². The normalized spacial score (nSPS) is 10.1. The number of likely N-dealkylation sites (N-methyl/N-ethyl adjacent to an activating group) is 1. The number of benzene rings is 2. The summed E-state index contributed by atoms with van der Waals surface area (Å²) in [6.45, 7) is 1.72. The second-order valence-corrected chi connectivity index (χ2v) is 5.40. The van der Waals surface area contributed by atoms with E-state index in [0.717, 1.165) is 18.6 Å². The van der Waals surface area contributed by atoms with Gasteiger partial charge in [-0.3, -0.25) is 0 Å². The molecule has 0 aliphatic heterocycles. The zero-order chi connectivity index (χ0) is 16.3. The van der Waals surface area contributed by atoms with Crippen LogP contribution in [0.3, 0.4) is 0 Å². The van der Waals surface area contributed by atoms with Crippen molar-refractivity contribution in [2.24, 2.45) is 0 Å². The molecule has 2 aromatic rings. The van der Waals surface area contributed by atoms with Crippen LogP contribution in [-0.4, -0.2) is 37.7 Å². The molecule has 0 fully saturated rings. The van der Waals surface area contributed by atoms with Crippen LogP contribution in [0.5, 0.6) is 5.75 Å². The van der Waals surface area contributed by atoms with Gasteiger partial charge in [0.05, 0.1) is 6.54 Å². The van der Waals surface area contributed by atoms with Crippen LogP contribution >= 0.6 is 0 Å². The zero-order valence-electron chi connectivity index (χ0n) is 13.6. The average Bonchev–Trinajstić information content (AvgIpc) is 2.60. The van der Waals surface area contributed by atoms with E-state index in [0.29, 0.717) is 19.7 Å². The second kappa shape index (κ2) is 9.51. The van der Waals surface area contributed by atoms with Crippen molar-refractivity contribution in [1.29, 1.82) is 0 Å². The molecular weight excluding hydrogens is 288 g/mol. The number of nitrogens with one attached hydrogen (secondary N) is 1. The van der Waals surface area contributed by atoms with Crippen molar-refractivity contribution in [2.45, 2.75) is 12.8 Å². The molecule has 4 heteroatoms. The Morgan fingerprint density at radius 1 is 1.04 bits per heavy atom. The first-order valence-corrected chi connectivity index (χ1v) is 7.96. The summed E-state index contributed by atoms with van der Waals surface area (Å²) < 4.78 is 5.59. The monoisotopic (exact) mass is 312 g/mol. The lowest BCUT2D eigenvalue weighted by molar-refractivity contribution is 0.195. The van der Waals surface area contributed by atoms with Gasteiger partial charge in [-0.15, -0.1) is 0 Å². The number of hydrogen-bond acceptors (Lipinski definition) is 2. The minimum atomic E-state index is -0.0604. The number of urea groups is 1. The van der Waals surface area contributed by atoms with E-state index in [1.54, 1.807) is 11.9 Å². The van der Waals surface area contributed by atoms with Crippen LogP contribution in [0.4, 0.5) is 4.79 Å². The molecular formula is C19H24N2O2. The summed E-state index contributed by atoms with van der Waals surface area (Å²) in [4.78, 5) is 13.6. The molecule has 1 N–H and O–H groups in total. The highest BCUT2D eigenvalue weighted by Crippen LogP contribution is 2.07. The summed E-state index contributed by atoms with van der Waals surface area (Å²) >= 11 is 0. The summed E-state index contributed by atoms with van der Waals surface area (Å²) in [6, 6.07) is 19.9. The molecule has 122 valence electrons. The van der Waals surface area contributed by atoms with Crippen molar-refractivity contribution in [2.75, 3.05) is 26.7 Å². The first-order chi connectivity index (χ1) is 11.3. The highest BCUT2D eigenvalue weighted by atomic mass is 16.5. The molecule has 0 saturated heterocycles.